The van der Waals surface area contributed by atoms with Crippen LogP contribution in [0.15, 0.2) is 34.9 Å². The molecule has 5 nitrogen and oxygen atoms in total. The lowest BCUT2D eigenvalue weighted by atomic mass is 10.2. The Morgan fingerprint density at radius 2 is 2.25 bits per heavy atom. The van der Waals surface area contributed by atoms with Gasteiger partial charge in [-0.15, -0.1) is 11.3 Å². The Balaban J connectivity index is 1.81. The van der Waals surface area contributed by atoms with Gasteiger partial charge in [0.05, 0.1) is 5.39 Å². The first-order chi connectivity index (χ1) is 9.76. The van der Waals surface area contributed by atoms with Crippen LogP contribution in [0.2, 0.25) is 0 Å². The maximum Gasteiger partial charge on any atom is 0.191 e. The standard InChI is InChI=1S/C13H9N5S2/c14-6-9-5-8(1-3-16-9)7-20-13-17-11(15)10-2-4-19-12(10)18-13/h1-5H,7H2,(H2,15,17,18). The predicted octanol–water partition coefficient (Wildman–Crippen LogP) is 2.83. The minimum atomic E-state index is 0.414. The van der Waals surface area contributed by atoms with Crippen LogP contribution >= 0.6 is 23.1 Å². The number of pyridine rings is 1. The third kappa shape index (κ3) is 2.57. The Labute approximate surface area is 123 Å². The number of anilines is 1. The Morgan fingerprint density at radius 3 is 3.10 bits per heavy atom. The van der Waals surface area contributed by atoms with Gasteiger partial charge in [0, 0.05) is 11.9 Å². The Bertz CT molecular complexity index is 806. The Hall–Kier alpha value is -2.17. The quantitative estimate of drug-likeness (QED) is 0.591. The number of nitrogens with two attached hydrogens (primary N) is 1. The third-order valence-electron chi connectivity index (χ3n) is 2.64. The van der Waals surface area contributed by atoms with Crippen molar-refractivity contribution >= 4 is 39.1 Å². The number of nitrogen functional groups attached to an aromatic ring is 1. The summed E-state index contributed by atoms with van der Waals surface area (Å²) in [7, 11) is 0. The van der Waals surface area contributed by atoms with E-state index < -0.39 is 0 Å². The van der Waals surface area contributed by atoms with Gasteiger partial charge in [0.2, 0.25) is 0 Å². The van der Waals surface area contributed by atoms with Crippen molar-refractivity contribution in [2.24, 2.45) is 0 Å². The molecule has 0 saturated carbocycles. The fourth-order valence-corrected chi connectivity index (χ4v) is 3.32. The summed E-state index contributed by atoms with van der Waals surface area (Å²) in [6, 6.07) is 7.59. The van der Waals surface area contributed by atoms with E-state index in [1.807, 2.05) is 23.6 Å². The average Bonchev–Trinajstić information content (AvgIpc) is 2.94. The van der Waals surface area contributed by atoms with Crippen LogP contribution in [0.5, 0.6) is 0 Å². The lowest BCUT2D eigenvalue weighted by Crippen LogP contribution is -1.95. The van der Waals surface area contributed by atoms with Crippen LogP contribution in [-0.2, 0) is 5.75 Å². The molecule has 0 spiro atoms. The summed E-state index contributed by atoms with van der Waals surface area (Å²) in [6.07, 6.45) is 1.63. The molecule has 0 unspecified atom stereocenters. The van der Waals surface area contributed by atoms with E-state index in [-0.39, 0.29) is 0 Å². The van der Waals surface area contributed by atoms with Crippen LogP contribution in [0.25, 0.3) is 10.2 Å². The topological polar surface area (TPSA) is 88.5 Å². The van der Waals surface area contributed by atoms with Gasteiger partial charge >= 0.3 is 0 Å². The molecule has 0 amide bonds. The lowest BCUT2D eigenvalue weighted by molar-refractivity contribution is 1.02. The zero-order valence-electron chi connectivity index (χ0n) is 10.3. The van der Waals surface area contributed by atoms with Crippen LogP contribution < -0.4 is 5.73 Å². The highest BCUT2D eigenvalue weighted by Crippen LogP contribution is 2.27. The van der Waals surface area contributed by atoms with Crippen molar-refractivity contribution in [3.05, 3.63) is 41.0 Å². The van der Waals surface area contributed by atoms with Crippen molar-refractivity contribution in [1.29, 1.82) is 5.26 Å². The first-order valence-electron chi connectivity index (χ1n) is 5.75. The highest BCUT2D eigenvalue weighted by atomic mass is 32.2. The molecule has 2 N–H and O–H groups in total. The van der Waals surface area contributed by atoms with Gasteiger partial charge in [-0.25, -0.2) is 15.0 Å². The highest BCUT2D eigenvalue weighted by Gasteiger charge is 2.07. The van der Waals surface area contributed by atoms with E-state index in [9.17, 15) is 0 Å². The SMILES string of the molecule is N#Cc1cc(CSc2nc(N)c3ccsc3n2)ccn1. The van der Waals surface area contributed by atoms with Crippen molar-refractivity contribution in [2.45, 2.75) is 10.9 Å². The first-order valence-corrected chi connectivity index (χ1v) is 7.61. The van der Waals surface area contributed by atoms with Crippen LogP contribution in [0.3, 0.4) is 0 Å². The second-order valence-corrected chi connectivity index (χ2v) is 5.82. The van der Waals surface area contributed by atoms with Gasteiger partial charge < -0.3 is 5.73 Å². The van der Waals surface area contributed by atoms with E-state index in [4.69, 9.17) is 11.0 Å². The normalized spacial score (nSPS) is 10.6. The zero-order chi connectivity index (χ0) is 13.9. The molecule has 0 radical (unpaired) electrons. The predicted molar refractivity (Wildman–Crippen MR) is 80.3 cm³/mol. The van der Waals surface area contributed by atoms with E-state index in [1.165, 1.54) is 11.8 Å². The van der Waals surface area contributed by atoms with Gasteiger partial charge in [-0.2, -0.15) is 5.26 Å². The molecule has 3 rings (SSSR count). The number of fused-ring (bicyclic) bond motifs is 1. The largest absolute Gasteiger partial charge is 0.383 e. The Kier molecular flexibility index (Phi) is 3.50. The molecule has 0 atom stereocenters. The van der Waals surface area contributed by atoms with E-state index in [0.717, 1.165) is 15.8 Å². The molecular formula is C13H9N5S2. The summed E-state index contributed by atoms with van der Waals surface area (Å²) in [5.74, 6) is 1.18. The van der Waals surface area contributed by atoms with Gasteiger partial charge in [0.15, 0.2) is 5.16 Å². The third-order valence-corrected chi connectivity index (χ3v) is 4.37. The summed E-state index contributed by atoms with van der Waals surface area (Å²) in [5, 5.41) is 12.3. The van der Waals surface area contributed by atoms with Crippen LogP contribution in [0.4, 0.5) is 5.82 Å². The Morgan fingerprint density at radius 1 is 1.35 bits per heavy atom. The molecular weight excluding hydrogens is 290 g/mol. The molecule has 0 fully saturated rings. The molecule has 0 aromatic carbocycles. The van der Waals surface area contributed by atoms with Crippen molar-refractivity contribution in [2.75, 3.05) is 5.73 Å². The molecule has 0 aliphatic heterocycles. The van der Waals surface area contributed by atoms with Crippen molar-refractivity contribution in [1.82, 2.24) is 15.0 Å². The molecule has 3 heterocycles. The molecule has 3 aromatic heterocycles. The fraction of sp³-hybridized carbons (Fsp3) is 0.0769. The lowest BCUT2D eigenvalue weighted by Gasteiger charge is -2.02. The van der Waals surface area contributed by atoms with Gasteiger partial charge in [0.1, 0.15) is 22.4 Å². The van der Waals surface area contributed by atoms with Crippen molar-refractivity contribution < 1.29 is 0 Å². The monoisotopic (exact) mass is 299 g/mol. The minimum absolute atomic E-state index is 0.414. The van der Waals surface area contributed by atoms with Crippen LogP contribution in [0, 0.1) is 11.3 Å². The van der Waals surface area contributed by atoms with E-state index in [2.05, 4.69) is 15.0 Å². The van der Waals surface area contributed by atoms with E-state index >= 15 is 0 Å². The maximum atomic E-state index is 8.82. The number of nitrogens with zero attached hydrogens (tertiary/aromatic N) is 4. The number of thiophene rings is 1. The number of hydrogen-bond donors (Lipinski definition) is 1. The zero-order valence-corrected chi connectivity index (χ0v) is 11.9. The smallest absolute Gasteiger partial charge is 0.191 e. The van der Waals surface area contributed by atoms with Gasteiger partial charge in [-0.1, -0.05) is 11.8 Å². The maximum absolute atomic E-state index is 8.82. The number of aromatic nitrogens is 3. The summed E-state index contributed by atoms with van der Waals surface area (Å²) in [5.41, 5.74) is 7.33. The fourth-order valence-electron chi connectivity index (χ4n) is 1.70. The number of nitriles is 1. The van der Waals surface area contributed by atoms with Crippen LogP contribution in [0.1, 0.15) is 11.3 Å². The van der Waals surface area contributed by atoms with Crippen LogP contribution in [-0.4, -0.2) is 15.0 Å². The number of rotatable bonds is 3. The van der Waals surface area contributed by atoms with Crippen molar-refractivity contribution in [3.63, 3.8) is 0 Å². The molecule has 98 valence electrons. The summed E-state index contributed by atoms with van der Waals surface area (Å²) >= 11 is 3.04. The minimum Gasteiger partial charge on any atom is -0.383 e. The number of hydrogen-bond acceptors (Lipinski definition) is 7. The molecule has 0 bridgehead atoms. The highest BCUT2D eigenvalue weighted by molar-refractivity contribution is 7.98. The van der Waals surface area contributed by atoms with E-state index in [1.54, 1.807) is 23.6 Å². The molecule has 20 heavy (non-hydrogen) atoms. The van der Waals surface area contributed by atoms with Gasteiger partial charge in [-0.05, 0) is 29.1 Å². The van der Waals surface area contributed by atoms with Crippen molar-refractivity contribution in [3.8, 4) is 6.07 Å². The number of thioether (sulfide) groups is 1. The summed E-state index contributed by atoms with van der Waals surface area (Å²) in [6.45, 7) is 0. The molecule has 0 aliphatic rings. The molecule has 0 saturated heterocycles. The molecule has 3 aromatic rings. The van der Waals surface area contributed by atoms with E-state index in [0.29, 0.717) is 22.4 Å². The first kappa shape index (κ1) is 12.8. The van der Waals surface area contributed by atoms with Gasteiger partial charge in [0.25, 0.3) is 0 Å². The summed E-state index contributed by atoms with van der Waals surface area (Å²) < 4.78 is 0. The molecule has 0 aliphatic carbocycles. The molecule has 7 heteroatoms. The average molecular weight is 299 g/mol. The second-order valence-electron chi connectivity index (χ2n) is 3.98. The second kappa shape index (κ2) is 5.45. The summed E-state index contributed by atoms with van der Waals surface area (Å²) in [4.78, 5) is 13.6. The van der Waals surface area contributed by atoms with Gasteiger partial charge in [-0.3, -0.25) is 0 Å².